The van der Waals surface area contributed by atoms with Gasteiger partial charge in [-0.3, -0.25) is 9.59 Å². The van der Waals surface area contributed by atoms with Crippen molar-refractivity contribution in [3.63, 3.8) is 0 Å². The number of nitrogens with zero attached hydrogens (tertiary/aromatic N) is 2. The first-order valence-corrected chi connectivity index (χ1v) is 13.9. The second-order valence-electron chi connectivity index (χ2n) is 9.93. The number of carbonyl (C=O) groups is 1. The fraction of sp³-hybridized carbons (Fsp3) is 0.370. The van der Waals surface area contributed by atoms with Crippen molar-refractivity contribution in [3.8, 4) is 17.0 Å². The molecule has 2 N–H and O–H groups in total. The molecule has 0 spiro atoms. The van der Waals surface area contributed by atoms with Gasteiger partial charge in [-0.2, -0.15) is 0 Å². The molecule has 1 amide bonds. The molecule has 0 aliphatic carbocycles. The lowest BCUT2D eigenvalue weighted by Crippen LogP contribution is -2.38. The number of anilines is 1. The van der Waals surface area contributed by atoms with Crippen molar-refractivity contribution in [3.05, 3.63) is 70.4 Å². The van der Waals surface area contributed by atoms with Crippen LogP contribution in [0, 0.1) is 11.7 Å². The topological polar surface area (TPSA) is 121 Å². The predicted molar refractivity (Wildman–Crippen MR) is 142 cm³/mol. The first-order chi connectivity index (χ1) is 18.0. The Balaban J connectivity index is 1.76. The number of hydrogen-bond acceptors (Lipinski definition) is 7. The van der Waals surface area contributed by atoms with Crippen LogP contribution in [0.3, 0.4) is 0 Å². The SMILES string of the molecule is CC(C)COc1cc(F)cc(-c2ccc(C(=O)NS(=O)(=O)c3ccc[nH]c3=O)c(N3C(C)CCC3C)n2)c1. The number of halogens is 1. The van der Waals surface area contributed by atoms with Gasteiger partial charge in [-0.05, 0) is 69.0 Å². The molecule has 11 heteroatoms. The normalized spacial score (nSPS) is 17.6. The van der Waals surface area contributed by atoms with E-state index in [-0.39, 0.29) is 29.4 Å². The number of aromatic nitrogens is 2. The Labute approximate surface area is 221 Å². The third-order valence-electron chi connectivity index (χ3n) is 6.37. The molecule has 1 saturated heterocycles. The van der Waals surface area contributed by atoms with Gasteiger partial charge in [0.2, 0.25) is 0 Å². The highest BCUT2D eigenvalue weighted by Crippen LogP contribution is 2.34. The van der Waals surface area contributed by atoms with Crippen LogP contribution in [-0.2, 0) is 10.0 Å². The Kier molecular flexibility index (Phi) is 7.86. The van der Waals surface area contributed by atoms with Gasteiger partial charge in [-0.15, -0.1) is 0 Å². The molecule has 2 atom stereocenters. The zero-order chi connectivity index (χ0) is 27.6. The van der Waals surface area contributed by atoms with Crippen molar-refractivity contribution >= 4 is 21.7 Å². The number of ether oxygens (including phenoxy) is 1. The molecule has 1 aliphatic heterocycles. The van der Waals surface area contributed by atoms with Gasteiger partial charge in [0.25, 0.3) is 21.5 Å². The minimum Gasteiger partial charge on any atom is -0.493 e. The minimum absolute atomic E-state index is 0.0259. The van der Waals surface area contributed by atoms with Crippen LogP contribution in [0.15, 0.2) is 58.4 Å². The van der Waals surface area contributed by atoms with E-state index < -0.39 is 32.2 Å². The molecule has 2 aromatic heterocycles. The first-order valence-electron chi connectivity index (χ1n) is 12.4. The molecular formula is C27H31FN4O5S. The fourth-order valence-corrected chi connectivity index (χ4v) is 5.53. The zero-order valence-corrected chi connectivity index (χ0v) is 22.5. The molecule has 202 valence electrons. The number of pyridine rings is 2. The van der Waals surface area contributed by atoms with Crippen LogP contribution in [0.4, 0.5) is 10.2 Å². The molecule has 2 unspecified atom stereocenters. The molecule has 38 heavy (non-hydrogen) atoms. The van der Waals surface area contributed by atoms with Crippen molar-refractivity contribution in [2.45, 2.75) is 57.5 Å². The minimum atomic E-state index is -4.45. The molecule has 1 fully saturated rings. The third-order valence-corrected chi connectivity index (χ3v) is 7.72. The summed E-state index contributed by atoms with van der Waals surface area (Å²) < 4.78 is 47.8. The van der Waals surface area contributed by atoms with Crippen LogP contribution in [-0.4, -0.2) is 43.0 Å². The van der Waals surface area contributed by atoms with Crippen molar-refractivity contribution < 1.29 is 22.3 Å². The Morgan fingerprint density at radius 2 is 1.89 bits per heavy atom. The average molecular weight is 543 g/mol. The maximum atomic E-state index is 14.5. The van der Waals surface area contributed by atoms with Gasteiger partial charge in [0, 0.05) is 29.9 Å². The largest absolute Gasteiger partial charge is 0.493 e. The number of amides is 1. The molecule has 1 aromatic carbocycles. The highest BCUT2D eigenvalue weighted by atomic mass is 32.2. The lowest BCUT2D eigenvalue weighted by Gasteiger charge is -2.29. The molecule has 3 heterocycles. The molecule has 0 radical (unpaired) electrons. The van der Waals surface area contributed by atoms with Gasteiger partial charge in [-0.1, -0.05) is 13.8 Å². The molecule has 1 aliphatic rings. The van der Waals surface area contributed by atoms with E-state index in [0.29, 0.717) is 23.6 Å². The van der Waals surface area contributed by atoms with Crippen LogP contribution >= 0.6 is 0 Å². The van der Waals surface area contributed by atoms with E-state index in [4.69, 9.17) is 9.72 Å². The quantitative estimate of drug-likeness (QED) is 0.439. The number of hydrogen-bond donors (Lipinski definition) is 2. The molecule has 0 saturated carbocycles. The summed E-state index contributed by atoms with van der Waals surface area (Å²) in [6.07, 6.45) is 3.02. The van der Waals surface area contributed by atoms with Gasteiger partial charge in [0.15, 0.2) is 4.90 Å². The average Bonchev–Trinajstić information content (AvgIpc) is 3.19. The smallest absolute Gasteiger partial charge is 0.269 e. The summed E-state index contributed by atoms with van der Waals surface area (Å²) in [4.78, 5) is 33.7. The van der Waals surface area contributed by atoms with Crippen LogP contribution in [0.5, 0.6) is 5.75 Å². The lowest BCUT2D eigenvalue weighted by molar-refractivity contribution is 0.0981. The van der Waals surface area contributed by atoms with Crippen molar-refractivity contribution in [1.82, 2.24) is 14.7 Å². The summed E-state index contributed by atoms with van der Waals surface area (Å²) in [6, 6.07) is 9.85. The first kappa shape index (κ1) is 27.3. The Morgan fingerprint density at radius 1 is 1.18 bits per heavy atom. The summed E-state index contributed by atoms with van der Waals surface area (Å²) >= 11 is 0. The van der Waals surface area contributed by atoms with Gasteiger partial charge in [0.05, 0.1) is 17.9 Å². The lowest BCUT2D eigenvalue weighted by atomic mass is 10.1. The molecule has 0 bridgehead atoms. The fourth-order valence-electron chi connectivity index (χ4n) is 4.50. The summed E-state index contributed by atoms with van der Waals surface area (Å²) in [5, 5.41) is 0. The summed E-state index contributed by atoms with van der Waals surface area (Å²) in [6.45, 7) is 8.40. The zero-order valence-electron chi connectivity index (χ0n) is 21.7. The maximum Gasteiger partial charge on any atom is 0.269 e. The number of H-pyrrole nitrogens is 1. The number of sulfonamides is 1. The van der Waals surface area contributed by atoms with E-state index in [1.807, 2.05) is 37.3 Å². The number of nitrogens with one attached hydrogen (secondary N) is 2. The van der Waals surface area contributed by atoms with Gasteiger partial charge in [-0.25, -0.2) is 22.5 Å². The maximum absolute atomic E-state index is 14.5. The third kappa shape index (κ3) is 5.88. The van der Waals surface area contributed by atoms with Crippen molar-refractivity contribution in [2.75, 3.05) is 11.5 Å². The number of rotatable bonds is 8. The van der Waals surface area contributed by atoms with E-state index in [1.165, 1.54) is 36.5 Å². The standard InChI is InChI=1S/C27H31FN4O5S/c1-16(2)15-37-21-13-19(12-20(28)14-21)23-10-9-22(25(30-23)32-17(3)7-8-18(32)4)26(33)31-38(35,36)24-6-5-11-29-27(24)34/h5-6,9-14,16-18H,7-8,15H2,1-4H3,(H,29,34)(H,31,33). The van der Waals surface area contributed by atoms with Gasteiger partial charge < -0.3 is 14.6 Å². The van der Waals surface area contributed by atoms with E-state index in [1.54, 1.807) is 6.07 Å². The van der Waals surface area contributed by atoms with Crippen LogP contribution in [0.2, 0.25) is 0 Å². The predicted octanol–water partition coefficient (Wildman–Crippen LogP) is 4.11. The summed E-state index contributed by atoms with van der Waals surface area (Å²) in [5.74, 6) is -0.517. The summed E-state index contributed by atoms with van der Waals surface area (Å²) in [7, 11) is -4.45. The molecule has 3 aromatic rings. The van der Waals surface area contributed by atoms with E-state index in [2.05, 4.69) is 4.98 Å². The summed E-state index contributed by atoms with van der Waals surface area (Å²) in [5.41, 5.74) is 0.0434. The Bertz CT molecular complexity index is 1500. The van der Waals surface area contributed by atoms with Gasteiger partial charge >= 0.3 is 0 Å². The highest BCUT2D eigenvalue weighted by Gasteiger charge is 2.33. The van der Waals surface area contributed by atoms with Crippen LogP contribution in [0.25, 0.3) is 11.3 Å². The monoisotopic (exact) mass is 542 g/mol. The van der Waals surface area contributed by atoms with Crippen molar-refractivity contribution in [2.24, 2.45) is 5.92 Å². The molecule has 4 rings (SSSR count). The van der Waals surface area contributed by atoms with Crippen LogP contribution < -0.4 is 19.9 Å². The number of carbonyl (C=O) groups excluding carboxylic acids is 1. The van der Waals surface area contributed by atoms with Gasteiger partial charge in [0.1, 0.15) is 17.4 Å². The second-order valence-corrected chi connectivity index (χ2v) is 11.6. The Hall–Kier alpha value is -3.73. The van der Waals surface area contributed by atoms with Crippen LogP contribution in [0.1, 0.15) is 50.9 Å². The number of benzene rings is 1. The molecule has 9 nitrogen and oxygen atoms in total. The Morgan fingerprint density at radius 3 is 2.55 bits per heavy atom. The second kappa shape index (κ2) is 10.9. The number of aromatic amines is 1. The highest BCUT2D eigenvalue weighted by molar-refractivity contribution is 7.90. The van der Waals surface area contributed by atoms with Crippen molar-refractivity contribution in [1.29, 1.82) is 0 Å². The van der Waals surface area contributed by atoms with E-state index in [0.717, 1.165) is 18.9 Å². The van der Waals surface area contributed by atoms with E-state index in [9.17, 15) is 22.4 Å². The molecular weight excluding hydrogens is 511 g/mol. The van der Waals surface area contributed by atoms with E-state index >= 15 is 0 Å².